The summed E-state index contributed by atoms with van der Waals surface area (Å²) in [6, 6.07) is 7.43. The Morgan fingerprint density at radius 1 is 1.42 bits per heavy atom. The van der Waals surface area contributed by atoms with E-state index in [1.54, 1.807) is 12.0 Å². The molecule has 0 saturated carbocycles. The average Bonchev–Trinajstić information content (AvgIpc) is 2.39. The Bertz CT molecular complexity index is 407. The molecule has 1 aromatic rings. The molecule has 0 atom stereocenters. The molecule has 5 heteroatoms. The highest BCUT2D eigenvalue weighted by atomic mass is 16.5. The second-order valence-electron chi connectivity index (χ2n) is 4.57. The Hall–Kier alpha value is -1.75. The molecule has 0 aliphatic carbocycles. The standard InChI is InChI=1S/C14H23N3O2/c1-11(2)16-14(18)17(10-6-9-15)12-7-4-5-8-13(12)19-3/h4-5,7-8,11H,6,9-10,15H2,1-3H3,(H,16,18). The summed E-state index contributed by atoms with van der Waals surface area (Å²) in [5.41, 5.74) is 6.30. The zero-order valence-electron chi connectivity index (χ0n) is 11.8. The van der Waals surface area contributed by atoms with Gasteiger partial charge in [-0.2, -0.15) is 0 Å². The van der Waals surface area contributed by atoms with Gasteiger partial charge in [0.25, 0.3) is 0 Å². The molecule has 0 aliphatic rings. The van der Waals surface area contributed by atoms with E-state index in [0.29, 0.717) is 18.8 Å². The Labute approximate surface area is 114 Å². The van der Waals surface area contributed by atoms with Crippen LogP contribution < -0.4 is 20.7 Å². The predicted octanol–water partition coefficient (Wildman–Crippen LogP) is 1.97. The fourth-order valence-corrected chi connectivity index (χ4v) is 1.76. The first-order chi connectivity index (χ1) is 9.10. The van der Waals surface area contributed by atoms with Gasteiger partial charge >= 0.3 is 6.03 Å². The summed E-state index contributed by atoms with van der Waals surface area (Å²) in [4.78, 5) is 13.9. The summed E-state index contributed by atoms with van der Waals surface area (Å²) in [5, 5.41) is 2.89. The summed E-state index contributed by atoms with van der Waals surface area (Å²) < 4.78 is 5.31. The molecule has 0 spiro atoms. The van der Waals surface area contributed by atoms with Crippen molar-refractivity contribution in [2.75, 3.05) is 25.1 Å². The number of hydrogen-bond donors (Lipinski definition) is 2. The van der Waals surface area contributed by atoms with Gasteiger partial charge in [0.15, 0.2) is 0 Å². The van der Waals surface area contributed by atoms with Crippen LogP contribution in [0.2, 0.25) is 0 Å². The van der Waals surface area contributed by atoms with Crippen LogP contribution in [0.3, 0.4) is 0 Å². The molecule has 1 rings (SSSR count). The smallest absolute Gasteiger partial charge is 0.322 e. The molecule has 0 heterocycles. The molecule has 0 aromatic heterocycles. The molecule has 5 nitrogen and oxygen atoms in total. The van der Waals surface area contributed by atoms with E-state index >= 15 is 0 Å². The lowest BCUT2D eigenvalue weighted by molar-refractivity contribution is 0.243. The second kappa shape index (κ2) is 7.63. The van der Waals surface area contributed by atoms with Crippen LogP contribution in [-0.4, -0.2) is 32.3 Å². The van der Waals surface area contributed by atoms with E-state index in [9.17, 15) is 4.79 Å². The van der Waals surface area contributed by atoms with Crippen molar-refractivity contribution < 1.29 is 9.53 Å². The van der Waals surface area contributed by atoms with Crippen molar-refractivity contribution in [1.82, 2.24) is 5.32 Å². The number of ether oxygens (including phenoxy) is 1. The number of carbonyl (C=O) groups is 1. The van der Waals surface area contributed by atoms with Crippen molar-refractivity contribution in [1.29, 1.82) is 0 Å². The number of para-hydroxylation sites is 2. The number of amides is 2. The van der Waals surface area contributed by atoms with Crippen molar-refractivity contribution in [3.8, 4) is 5.75 Å². The number of hydrogen-bond acceptors (Lipinski definition) is 3. The van der Waals surface area contributed by atoms with Crippen molar-refractivity contribution >= 4 is 11.7 Å². The molecule has 0 aliphatic heterocycles. The zero-order chi connectivity index (χ0) is 14.3. The van der Waals surface area contributed by atoms with Gasteiger partial charge < -0.3 is 15.8 Å². The van der Waals surface area contributed by atoms with Gasteiger partial charge in [0.2, 0.25) is 0 Å². The number of urea groups is 1. The largest absolute Gasteiger partial charge is 0.495 e. The molecule has 0 fully saturated rings. The van der Waals surface area contributed by atoms with E-state index < -0.39 is 0 Å². The van der Waals surface area contributed by atoms with E-state index in [2.05, 4.69) is 5.32 Å². The molecule has 0 unspecified atom stereocenters. The van der Waals surface area contributed by atoms with Gasteiger partial charge in [0.05, 0.1) is 12.8 Å². The van der Waals surface area contributed by atoms with Crippen molar-refractivity contribution in [3.05, 3.63) is 24.3 Å². The maximum atomic E-state index is 12.2. The van der Waals surface area contributed by atoms with Crippen LogP contribution in [0.4, 0.5) is 10.5 Å². The maximum Gasteiger partial charge on any atom is 0.322 e. The van der Waals surface area contributed by atoms with Crippen LogP contribution in [0, 0.1) is 0 Å². The quantitative estimate of drug-likeness (QED) is 0.826. The van der Waals surface area contributed by atoms with E-state index in [1.807, 2.05) is 38.1 Å². The highest BCUT2D eigenvalue weighted by molar-refractivity contribution is 5.93. The third kappa shape index (κ3) is 4.44. The van der Waals surface area contributed by atoms with Crippen LogP contribution in [0.25, 0.3) is 0 Å². The number of nitrogens with one attached hydrogen (secondary N) is 1. The van der Waals surface area contributed by atoms with Crippen LogP contribution in [-0.2, 0) is 0 Å². The summed E-state index contributed by atoms with van der Waals surface area (Å²) in [6.07, 6.45) is 0.740. The van der Waals surface area contributed by atoms with Gasteiger partial charge in [-0.3, -0.25) is 4.90 Å². The first kappa shape index (κ1) is 15.3. The molecule has 3 N–H and O–H groups in total. The van der Waals surface area contributed by atoms with Gasteiger partial charge in [0.1, 0.15) is 5.75 Å². The molecule has 19 heavy (non-hydrogen) atoms. The topological polar surface area (TPSA) is 67.6 Å². The second-order valence-corrected chi connectivity index (χ2v) is 4.57. The normalized spacial score (nSPS) is 10.4. The number of methoxy groups -OCH3 is 1. The third-order valence-electron chi connectivity index (χ3n) is 2.62. The maximum absolute atomic E-state index is 12.2. The summed E-state index contributed by atoms with van der Waals surface area (Å²) in [7, 11) is 1.60. The van der Waals surface area contributed by atoms with Crippen molar-refractivity contribution in [2.24, 2.45) is 5.73 Å². The van der Waals surface area contributed by atoms with Crippen LogP contribution in [0.1, 0.15) is 20.3 Å². The molecule has 1 aromatic carbocycles. The number of nitrogens with two attached hydrogens (primary N) is 1. The number of anilines is 1. The Kier molecular flexibility index (Phi) is 6.15. The van der Waals surface area contributed by atoms with Crippen molar-refractivity contribution in [3.63, 3.8) is 0 Å². The number of benzene rings is 1. The molecule has 0 bridgehead atoms. The van der Waals surface area contributed by atoms with Gasteiger partial charge in [-0.1, -0.05) is 12.1 Å². The lowest BCUT2D eigenvalue weighted by Crippen LogP contribution is -2.44. The van der Waals surface area contributed by atoms with E-state index in [1.165, 1.54) is 0 Å². The minimum Gasteiger partial charge on any atom is -0.495 e. The van der Waals surface area contributed by atoms with Crippen LogP contribution in [0.5, 0.6) is 5.75 Å². The summed E-state index contributed by atoms with van der Waals surface area (Å²) >= 11 is 0. The molecule has 106 valence electrons. The minimum atomic E-state index is -0.132. The number of carbonyl (C=O) groups excluding carboxylic acids is 1. The van der Waals surface area contributed by atoms with Crippen LogP contribution >= 0.6 is 0 Å². The lowest BCUT2D eigenvalue weighted by Gasteiger charge is -2.25. The Morgan fingerprint density at radius 2 is 2.11 bits per heavy atom. The van der Waals surface area contributed by atoms with E-state index in [0.717, 1.165) is 12.1 Å². The van der Waals surface area contributed by atoms with Gasteiger partial charge in [0, 0.05) is 12.6 Å². The number of nitrogens with zero attached hydrogens (tertiary/aromatic N) is 1. The SMILES string of the molecule is COc1ccccc1N(CCCN)C(=O)NC(C)C. The average molecular weight is 265 g/mol. The first-order valence-corrected chi connectivity index (χ1v) is 6.51. The summed E-state index contributed by atoms with van der Waals surface area (Å²) in [5.74, 6) is 0.679. The zero-order valence-corrected chi connectivity index (χ0v) is 11.8. The minimum absolute atomic E-state index is 0.0857. The van der Waals surface area contributed by atoms with Crippen LogP contribution in [0.15, 0.2) is 24.3 Å². The summed E-state index contributed by atoms with van der Waals surface area (Å²) in [6.45, 7) is 4.97. The number of rotatable bonds is 6. The van der Waals surface area contributed by atoms with Gasteiger partial charge in [-0.25, -0.2) is 4.79 Å². The van der Waals surface area contributed by atoms with E-state index in [-0.39, 0.29) is 12.1 Å². The molecular weight excluding hydrogens is 242 g/mol. The fourth-order valence-electron chi connectivity index (χ4n) is 1.76. The molecule has 0 radical (unpaired) electrons. The van der Waals surface area contributed by atoms with Gasteiger partial charge in [-0.15, -0.1) is 0 Å². The highest BCUT2D eigenvalue weighted by Gasteiger charge is 2.19. The van der Waals surface area contributed by atoms with E-state index in [4.69, 9.17) is 10.5 Å². The highest BCUT2D eigenvalue weighted by Crippen LogP contribution is 2.27. The first-order valence-electron chi connectivity index (χ1n) is 6.51. The fraction of sp³-hybridized carbons (Fsp3) is 0.500. The third-order valence-corrected chi connectivity index (χ3v) is 2.62. The predicted molar refractivity (Wildman–Crippen MR) is 77.7 cm³/mol. The Balaban J connectivity index is 2.98. The van der Waals surface area contributed by atoms with Gasteiger partial charge in [-0.05, 0) is 38.9 Å². The molecule has 2 amide bonds. The lowest BCUT2D eigenvalue weighted by atomic mass is 10.2. The monoisotopic (exact) mass is 265 g/mol. The Morgan fingerprint density at radius 3 is 2.68 bits per heavy atom. The van der Waals surface area contributed by atoms with Crippen molar-refractivity contribution in [2.45, 2.75) is 26.3 Å². The molecular formula is C14H23N3O2. The molecule has 0 saturated heterocycles.